The molecule has 11 heteroatoms. The normalized spacial score (nSPS) is 14.1. The lowest BCUT2D eigenvalue weighted by atomic mass is 10.1. The van der Waals surface area contributed by atoms with Crippen molar-refractivity contribution in [2.45, 2.75) is 12.2 Å². The Morgan fingerprint density at radius 2 is 1.82 bits per heavy atom. The van der Waals surface area contributed by atoms with Crippen LogP contribution < -0.4 is 10.6 Å². The summed E-state index contributed by atoms with van der Waals surface area (Å²) in [5.41, 5.74) is 2.45. The smallest absolute Gasteiger partial charge is 0.377 e. The monoisotopic (exact) mass is 469 g/mol. The molecule has 0 radical (unpaired) electrons. The minimum absolute atomic E-state index is 0.158. The van der Waals surface area contributed by atoms with Crippen molar-refractivity contribution in [3.63, 3.8) is 0 Å². The van der Waals surface area contributed by atoms with Crippen molar-refractivity contribution in [1.82, 2.24) is 20.1 Å². The van der Waals surface area contributed by atoms with Crippen LogP contribution in [0.15, 0.2) is 61.1 Å². The van der Waals surface area contributed by atoms with Gasteiger partial charge in [0.2, 0.25) is 0 Å². The number of nitrogens with one attached hydrogen (secondary N) is 3. The third-order valence-electron chi connectivity index (χ3n) is 5.48. The number of aromatic amines is 1. The first-order valence-electron chi connectivity index (χ1n) is 10.3. The summed E-state index contributed by atoms with van der Waals surface area (Å²) in [4.78, 5) is 27.4. The highest BCUT2D eigenvalue weighted by Gasteiger charge is 2.30. The van der Waals surface area contributed by atoms with E-state index >= 15 is 0 Å². The highest BCUT2D eigenvalue weighted by atomic mass is 19.4. The lowest BCUT2D eigenvalue weighted by Gasteiger charge is -2.26. The molecule has 3 N–H and O–H groups in total. The molecule has 174 valence electrons. The van der Waals surface area contributed by atoms with E-state index in [-0.39, 0.29) is 6.04 Å². The van der Waals surface area contributed by atoms with Crippen LogP contribution in [-0.4, -0.2) is 45.8 Å². The molecule has 0 bridgehead atoms. The Balaban J connectivity index is 1.36. The number of H-pyrrole nitrogens is 1. The summed E-state index contributed by atoms with van der Waals surface area (Å²) in [5.74, 6) is -1.52. The van der Waals surface area contributed by atoms with E-state index in [1.54, 1.807) is 18.6 Å². The number of ether oxygens (including phenoxy) is 1. The van der Waals surface area contributed by atoms with E-state index in [2.05, 4.69) is 20.7 Å². The largest absolute Gasteiger partial charge is 0.416 e. The summed E-state index contributed by atoms with van der Waals surface area (Å²) in [6.45, 7) is 0.769. The van der Waals surface area contributed by atoms with E-state index in [0.717, 1.165) is 28.8 Å². The molecular weight excluding hydrogens is 451 g/mol. The van der Waals surface area contributed by atoms with Gasteiger partial charge in [0.05, 0.1) is 42.4 Å². The fraction of sp³-hybridized carbons (Fsp3) is 0.174. The van der Waals surface area contributed by atoms with Crippen LogP contribution in [-0.2, 0) is 20.5 Å². The molecule has 3 heterocycles. The van der Waals surface area contributed by atoms with Crippen molar-refractivity contribution in [1.29, 1.82) is 0 Å². The standard InChI is InChI=1S/C23H18F3N5O3/c24-23(25,26)15-2-4-17(5-3-15)31-10-14(8-28-31)13-1-6-19-18(7-13)20(9-27-19)30-22(33)21(32)29-16-11-34-12-16/h1-10,16,27H,11-12H2,(H,29,32)(H,30,33). The summed E-state index contributed by atoms with van der Waals surface area (Å²) < 4.78 is 44.9. The van der Waals surface area contributed by atoms with Gasteiger partial charge >= 0.3 is 18.0 Å². The number of aromatic nitrogens is 3. The first kappa shape index (κ1) is 21.7. The van der Waals surface area contributed by atoms with E-state index < -0.39 is 23.6 Å². The Labute approximate surface area is 190 Å². The van der Waals surface area contributed by atoms with Crippen molar-refractivity contribution >= 4 is 28.4 Å². The molecule has 0 saturated carbocycles. The lowest BCUT2D eigenvalue weighted by molar-refractivity contribution is -0.138. The van der Waals surface area contributed by atoms with Crippen molar-refractivity contribution in [3.05, 3.63) is 66.6 Å². The van der Waals surface area contributed by atoms with Gasteiger partial charge in [-0.15, -0.1) is 0 Å². The number of nitrogens with zero attached hydrogens (tertiary/aromatic N) is 2. The average Bonchev–Trinajstić information content (AvgIpc) is 3.43. The van der Waals surface area contributed by atoms with Gasteiger partial charge in [0.1, 0.15) is 0 Å². The summed E-state index contributed by atoms with van der Waals surface area (Å²) in [7, 11) is 0. The lowest BCUT2D eigenvalue weighted by Crippen LogP contribution is -2.51. The number of hydrogen-bond donors (Lipinski definition) is 3. The molecule has 1 fully saturated rings. The van der Waals surface area contributed by atoms with Gasteiger partial charge in [0, 0.05) is 28.9 Å². The molecule has 1 aliphatic heterocycles. The quantitative estimate of drug-likeness (QED) is 0.399. The first-order chi connectivity index (χ1) is 16.3. The Bertz CT molecular complexity index is 1370. The van der Waals surface area contributed by atoms with Crippen molar-refractivity contribution in [3.8, 4) is 16.8 Å². The minimum Gasteiger partial charge on any atom is -0.377 e. The van der Waals surface area contributed by atoms with Crippen LogP contribution in [0, 0.1) is 0 Å². The molecule has 0 aliphatic carbocycles. The van der Waals surface area contributed by atoms with Crippen LogP contribution in [0.4, 0.5) is 18.9 Å². The van der Waals surface area contributed by atoms with E-state index in [1.165, 1.54) is 16.8 Å². The number of alkyl halides is 3. The van der Waals surface area contributed by atoms with Crippen LogP contribution in [0.25, 0.3) is 27.7 Å². The van der Waals surface area contributed by atoms with E-state index in [0.29, 0.717) is 30.0 Å². The number of hydrogen-bond acceptors (Lipinski definition) is 4. The summed E-state index contributed by atoms with van der Waals surface area (Å²) in [6, 6.07) is 10.1. The number of halogens is 3. The molecule has 0 unspecified atom stereocenters. The van der Waals surface area contributed by atoms with Crippen LogP contribution in [0.3, 0.4) is 0 Å². The Morgan fingerprint density at radius 1 is 1.06 bits per heavy atom. The number of rotatable bonds is 4. The predicted molar refractivity (Wildman–Crippen MR) is 117 cm³/mol. The highest BCUT2D eigenvalue weighted by molar-refractivity contribution is 6.40. The second-order valence-electron chi connectivity index (χ2n) is 7.84. The van der Waals surface area contributed by atoms with Crippen LogP contribution in [0.5, 0.6) is 0 Å². The van der Waals surface area contributed by atoms with E-state index in [9.17, 15) is 22.8 Å². The molecule has 1 aliphatic rings. The van der Waals surface area contributed by atoms with Gasteiger partial charge in [-0.1, -0.05) is 6.07 Å². The fourth-order valence-electron chi connectivity index (χ4n) is 3.57. The zero-order valence-electron chi connectivity index (χ0n) is 17.5. The first-order valence-corrected chi connectivity index (χ1v) is 10.3. The van der Waals surface area contributed by atoms with Gasteiger partial charge in [-0.25, -0.2) is 4.68 Å². The highest BCUT2D eigenvalue weighted by Crippen LogP contribution is 2.31. The molecule has 8 nitrogen and oxygen atoms in total. The molecule has 5 rings (SSSR count). The minimum atomic E-state index is -4.40. The van der Waals surface area contributed by atoms with Crippen LogP contribution in [0.1, 0.15) is 5.56 Å². The number of carbonyl (C=O) groups excluding carboxylic acids is 2. The second kappa shape index (κ2) is 8.34. The molecule has 2 amide bonds. The van der Waals surface area contributed by atoms with Gasteiger partial charge in [-0.2, -0.15) is 18.3 Å². The van der Waals surface area contributed by atoms with Gasteiger partial charge in [0.25, 0.3) is 0 Å². The van der Waals surface area contributed by atoms with Crippen molar-refractivity contribution < 1.29 is 27.5 Å². The Morgan fingerprint density at radius 3 is 2.50 bits per heavy atom. The van der Waals surface area contributed by atoms with E-state index in [1.807, 2.05) is 18.2 Å². The number of fused-ring (bicyclic) bond motifs is 1. The van der Waals surface area contributed by atoms with Gasteiger partial charge in [-0.05, 0) is 42.0 Å². The van der Waals surface area contributed by atoms with Gasteiger partial charge < -0.3 is 20.4 Å². The van der Waals surface area contributed by atoms with Gasteiger partial charge in [-0.3, -0.25) is 9.59 Å². The summed E-state index contributed by atoms with van der Waals surface area (Å²) >= 11 is 0. The third kappa shape index (κ3) is 4.25. The van der Waals surface area contributed by atoms with E-state index in [4.69, 9.17) is 4.74 Å². The van der Waals surface area contributed by atoms with Gasteiger partial charge in [0.15, 0.2) is 0 Å². The number of amides is 2. The molecular formula is C23H18F3N5O3. The summed E-state index contributed by atoms with van der Waals surface area (Å²) in [6.07, 6.45) is 0.484. The number of carbonyl (C=O) groups is 2. The fourth-order valence-corrected chi connectivity index (χ4v) is 3.57. The molecule has 0 spiro atoms. The Hall–Kier alpha value is -4.12. The average molecular weight is 469 g/mol. The third-order valence-corrected chi connectivity index (χ3v) is 5.48. The maximum absolute atomic E-state index is 12.8. The molecule has 4 aromatic rings. The maximum atomic E-state index is 12.8. The summed E-state index contributed by atoms with van der Waals surface area (Å²) in [5, 5.41) is 10.1. The number of benzene rings is 2. The van der Waals surface area contributed by atoms with Crippen LogP contribution >= 0.6 is 0 Å². The number of anilines is 1. The Kier molecular flexibility index (Phi) is 5.33. The van der Waals surface area contributed by atoms with Crippen molar-refractivity contribution in [2.24, 2.45) is 0 Å². The molecule has 2 aromatic heterocycles. The topological polar surface area (TPSA) is 101 Å². The SMILES string of the molecule is O=C(Nc1c[nH]c2ccc(-c3cnn(-c4ccc(C(F)(F)F)cc4)c3)cc12)C(=O)NC1COC1. The predicted octanol–water partition coefficient (Wildman–Crippen LogP) is 3.49. The second-order valence-corrected chi connectivity index (χ2v) is 7.84. The maximum Gasteiger partial charge on any atom is 0.416 e. The molecule has 1 saturated heterocycles. The molecule has 2 aromatic carbocycles. The zero-order valence-corrected chi connectivity index (χ0v) is 17.5. The molecule has 0 atom stereocenters. The zero-order chi connectivity index (χ0) is 23.9. The molecule has 34 heavy (non-hydrogen) atoms. The van der Waals surface area contributed by atoms with Crippen molar-refractivity contribution in [2.75, 3.05) is 18.5 Å². The van der Waals surface area contributed by atoms with Crippen LogP contribution in [0.2, 0.25) is 0 Å².